The van der Waals surface area contributed by atoms with E-state index in [2.05, 4.69) is 37.3 Å². The van der Waals surface area contributed by atoms with E-state index in [1.165, 1.54) is 16.8 Å². The number of allylic oxidation sites excluding steroid dienone is 5. The molecular weight excluding hydrogens is 194 g/mol. The summed E-state index contributed by atoms with van der Waals surface area (Å²) in [6.07, 6.45) is 10.1. The normalized spacial score (nSPS) is 15.5. The zero-order valence-corrected chi connectivity index (χ0v) is 11.0. The molecular formula is C15H23N. The van der Waals surface area contributed by atoms with E-state index < -0.39 is 0 Å². The van der Waals surface area contributed by atoms with Gasteiger partial charge in [-0.3, -0.25) is 0 Å². The number of hydrogen-bond donors (Lipinski definition) is 0. The molecule has 0 spiro atoms. The summed E-state index contributed by atoms with van der Waals surface area (Å²) in [7, 11) is 2.07. The van der Waals surface area contributed by atoms with Gasteiger partial charge in [0.2, 0.25) is 0 Å². The maximum Gasteiger partial charge on any atom is 0.0434 e. The summed E-state index contributed by atoms with van der Waals surface area (Å²) in [4.78, 5) is 2.18. The van der Waals surface area contributed by atoms with Gasteiger partial charge in [-0.2, -0.15) is 0 Å². The summed E-state index contributed by atoms with van der Waals surface area (Å²) < 4.78 is 0. The number of hydrogen-bond acceptors (Lipinski definition) is 1. The molecule has 0 radical (unpaired) electrons. The van der Waals surface area contributed by atoms with E-state index in [1.807, 2.05) is 39.0 Å². The highest BCUT2D eigenvalue weighted by Crippen LogP contribution is 2.21. The van der Waals surface area contributed by atoms with Crippen LogP contribution in [0.2, 0.25) is 0 Å². The standard InChI is InChI=1S/C13H17N.C2H6/c1-5-8-12-9-11(6-2)10-14(4)13(12)7-3;1-2/h5-9H,2-3,10H2,1,4H3;1-2H3/b8-5-;. The first-order valence-corrected chi connectivity index (χ1v) is 5.76. The fourth-order valence-corrected chi connectivity index (χ4v) is 1.61. The minimum atomic E-state index is 0.909. The third kappa shape index (κ3) is 3.58. The molecule has 0 N–H and O–H groups in total. The van der Waals surface area contributed by atoms with Crippen LogP contribution in [0.15, 0.2) is 60.4 Å². The van der Waals surface area contributed by atoms with Crippen molar-refractivity contribution in [3.05, 3.63) is 60.4 Å². The zero-order chi connectivity index (χ0) is 12.6. The van der Waals surface area contributed by atoms with Gasteiger partial charge >= 0.3 is 0 Å². The second-order valence-corrected chi connectivity index (χ2v) is 3.32. The fourth-order valence-electron chi connectivity index (χ4n) is 1.61. The van der Waals surface area contributed by atoms with Crippen LogP contribution in [-0.4, -0.2) is 18.5 Å². The Morgan fingerprint density at radius 3 is 2.31 bits per heavy atom. The van der Waals surface area contributed by atoms with Crippen LogP contribution in [0.5, 0.6) is 0 Å². The van der Waals surface area contributed by atoms with Crippen molar-refractivity contribution >= 4 is 0 Å². The van der Waals surface area contributed by atoms with Crippen LogP contribution in [0, 0.1) is 0 Å². The van der Waals surface area contributed by atoms with E-state index in [0.29, 0.717) is 0 Å². The Morgan fingerprint density at radius 2 is 1.88 bits per heavy atom. The third-order valence-corrected chi connectivity index (χ3v) is 2.27. The lowest BCUT2D eigenvalue weighted by atomic mass is 10.0. The van der Waals surface area contributed by atoms with Gasteiger partial charge in [0.05, 0.1) is 0 Å². The molecule has 0 aromatic rings. The highest BCUT2D eigenvalue weighted by molar-refractivity contribution is 5.46. The molecule has 0 bridgehead atoms. The Morgan fingerprint density at radius 1 is 1.25 bits per heavy atom. The molecule has 0 aliphatic carbocycles. The second kappa shape index (κ2) is 7.75. The summed E-state index contributed by atoms with van der Waals surface area (Å²) in [6.45, 7) is 14.6. The fraction of sp³-hybridized carbons (Fsp3) is 0.333. The molecule has 0 unspecified atom stereocenters. The average Bonchev–Trinajstić information content (AvgIpc) is 2.31. The summed E-state index contributed by atoms with van der Waals surface area (Å²) in [5.74, 6) is 0. The maximum absolute atomic E-state index is 3.83. The molecule has 1 aliphatic rings. The van der Waals surface area contributed by atoms with Gasteiger partial charge in [0.25, 0.3) is 0 Å². The molecule has 1 rings (SSSR count). The van der Waals surface area contributed by atoms with Crippen LogP contribution < -0.4 is 0 Å². The first kappa shape index (κ1) is 14.5. The highest BCUT2D eigenvalue weighted by Gasteiger charge is 2.11. The molecule has 1 nitrogen and oxygen atoms in total. The summed E-state index contributed by atoms with van der Waals surface area (Å²) >= 11 is 0. The lowest BCUT2D eigenvalue weighted by Gasteiger charge is -2.26. The van der Waals surface area contributed by atoms with Gasteiger partial charge in [0.15, 0.2) is 0 Å². The number of rotatable bonds is 3. The van der Waals surface area contributed by atoms with Gasteiger partial charge < -0.3 is 4.90 Å². The molecule has 1 aliphatic heterocycles. The molecule has 0 aromatic carbocycles. The Bertz CT molecular complexity index is 329. The van der Waals surface area contributed by atoms with Gasteiger partial charge in [-0.05, 0) is 30.2 Å². The summed E-state index contributed by atoms with van der Waals surface area (Å²) in [5, 5.41) is 0. The van der Waals surface area contributed by atoms with Crippen LogP contribution in [0.25, 0.3) is 0 Å². The van der Waals surface area contributed by atoms with Crippen LogP contribution >= 0.6 is 0 Å². The van der Waals surface area contributed by atoms with Crippen molar-refractivity contribution < 1.29 is 0 Å². The Hall–Kier alpha value is -1.50. The van der Waals surface area contributed by atoms with Crippen LogP contribution in [0.4, 0.5) is 0 Å². The van der Waals surface area contributed by atoms with Crippen LogP contribution in [0.3, 0.4) is 0 Å². The van der Waals surface area contributed by atoms with E-state index in [0.717, 1.165) is 6.54 Å². The van der Waals surface area contributed by atoms with E-state index in [9.17, 15) is 0 Å². The Labute approximate surface area is 100 Å². The predicted molar refractivity (Wildman–Crippen MR) is 74.3 cm³/mol. The lowest BCUT2D eigenvalue weighted by molar-refractivity contribution is 0.463. The molecule has 1 heterocycles. The molecule has 0 saturated heterocycles. The van der Waals surface area contributed by atoms with Gasteiger partial charge in [0.1, 0.15) is 0 Å². The van der Waals surface area contributed by atoms with Gasteiger partial charge in [-0.15, -0.1) is 0 Å². The molecule has 16 heavy (non-hydrogen) atoms. The quantitative estimate of drug-likeness (QED) is 0.688. The van der Waals surface area contributed by atoms with Crippen molar-refractivity contribution in [2.45, 2.75) is 20.8 Å². The maximum atomic E-state index is 3.83. The van der Waals surface area contributed by atoms with Gasteiger partial charge in [0, 0.05) is 19.3 Å². The number of nitrogens with zero attached hydrogens (tertiary/aromatic N) is 1. The zero-order valence-electron chi connectivity index (χ0n) is 11.0. The second-order valence-electron chi connectivity index (χ2n) is 3.32. The molecule has 88 valence electrons. The molecule has 0 fully saturated rings. The third-order valence-electron chi connectivity index (χ3n) is 2.27. The molecule has 0 amide bonds. The summed E-state index contributed by atoms with van der Waals surface area (Å²) in [6, 6.07) is 0. The minimum Gasteiger partial charge on any atom is -0.370 e. The van der Waals surface area contributed by atoms with Gasteiger partial charge in [-0.25, -0.2) is 0 Å². The largest absolute Gasteiger partial charge is 0.370 e. The average molecular weight is 217 g/mol. The van der Waals surface area contributed by atoms with Crippen LogP contribution in [-0.2, 0) is 0 Å². The van der Waals surface area contributed by atoms with Crippen molar-refractivity contribution in [1.82, 2.24) is 4.90 Å². The van der Waals surface area contributed by atoms with E-state index >= 15 is 0 Å². The molecule has 0 saturated carbocycles. The topological polar surface area (TPSA) is 3.24 Å². The van der Waals surface area contributed by atoms with Crippen molar-refractivity contribution in [3.63, 3.8) is 0 Å². The molecule has 1 heteroatoms. The Balaban J connectivity index is 0.00000106. The first-order chi connectivity index (χ1) is 7.72. The minimum absolute atomic E-state index is 0.909. The van der Waals surface area contributed by atoms with Crippen molar-refractivity contribution in [3.8, 4) is 0 Å². The van der Waals surface area contributed by atoms with E-state index in [4.69, 9.17) is 0 Å². The number of likely N-dealkylation sites (N-methyl/N-ethyl adjacent to an activating group) is 1. The van der Waals surface area contributed by atoms with E-state index in [1.54, 1.807) is 0 Å². The predicted octanol–water partition coefficient (Wildman–Crippen LogP) is 4.09. The molecule has 0 aromatic heterocycles. The molecule has 0 atom stereocenters. The van der Waals surface area contributed by atoms with Crippen molar-refractivity contribution in [2.24, 2.45) is 0 Å². The van der Waals surface area contributed by atoms with Crippen LogP contribution in [0.1, 0.15) is 20.8 Å². The monoisotopic (exact) mass is 217 g/mol. The van der Waals surface area contributed by atoms with Crippen molar-refractivity contribution in [1.29, 1.82) is 0 Å². The van der Waals surface area contributed by atoms with E-state index in [-0.39, 0.29) is 0 Å². The van der Waals surface area contributed by atoms with Gasteiger partial charge in [-0.1, -0.05) is 45.2 Å². The smallest absolute Gasteiger partial charge is 0.0434 e. The summed E-state index contributed by atoms with van der Waals surface area (Å²) in [5.41, 5.74) is 3.62. The SMILES string of the molecule is C=CC1=CC(/C=C\C)=C(C=C)N(C)C1.CC. The lowest BCUT2D eigenvalue weighted by Crippen LogP contribution is -2.23. The highest BCUT2D eigenvalue weighted by atomic mass is 15.1. The Kier molecular flexibility index (Phi) is 7.02. The first-order valence-electron chi connectivity index (χ1n) is 5.76. The van der Waals surface area contributed by atoms with Crippen molar-refractivity contribution in [2.75, 3.05) is 13.6 Å².